The Hall–Kier alpha value is -4.13. The molecule has 2 aliphatic carbocycles. The average molecular weight is 563 g/mol. The van der Waals surface area contributed by atoms with Crippen molar-refractivity contribution in [2.45, 2.75) is 65.0 Å². The first-order chi connectivity index (χ1) is 19.9. The van der Waals surface area contributed by atoms with Gasteiger partial charge in [0.05, 0.1) is 22.2 Å². The summed E-state index contributed by atoms with van der Waals surface area (Å²) in [5, 5.41) is 21.8. The summed E-state index contributed by atoms with van der Waals surface area (Å²) in [6, 6.07) is 14.0. The van der Waals surface area contributed by atoms with Crippen LogP contribution in [0.25, 0.3) is 21.9 Å². The number of amides is 1. The quantitative estimate of drug-likeness (QED) is 0.388. The second kappa shape index (κ2) is 8.93. The average Bonchev–Trinajstić information content (AvgIpc) is 3.11. The highest BCUT2D eigenvalue weighted by Gasteiger charge is 2.42. The maximum Gasteiger partial charge on any atom is 0.221 e. The molecule has 2 unspecified atom stereocenters. The van der Waals surface area contributed by atoms with Crippen LogP contribution in [0.15, 0.2) is 53.2 Å². The van der Waals surface area contributed by atoms with E-state index in [1.54, 1.807) is 0 Å². The number of hydrogen-bond donors (Lipinski definition) is 3. The number of Topliss-reactive ketones (excluding diaryl/α,β-unsaturated/α-hetero) is 1. The molecule has 0 saturated heterocycles. The van der Waals surface area contributed by atoms with E-state index in [1.165, 1.54) is 13.3 Å². The monoisotopic (exact) mass is 562 g/mol. The number of aliphatic hydroxyl groups is 1. The Bertz CT molecular complexity index is 1880. The Balaban J connectivity index is 1.48. The van der Waals surface area contributed by atoms with Crippen molar-refractivity contribution in [1.29, 1.82) is 0 Å². The van der Waals surface area contributed by atoms with E-state index in [1.807, 2.05) is 31.3 Å². The fraction of sp³-hybridized carbons (Fsp3) is 0.400. The Labute approximate surface area is 246 Å². The van der Waals surface area contributed by atoms with Crippen molar-refractivity contribution >= 4 is 50.7 Å². The fourth-order valence-corrected chi connectivity index (χ4v) is 8.17. The molecule has 1 saturated carbocycles. The number of allylic oxidation sites excluding steroid dienone is 2. The number of carbonyl (C=O) groups excluding carboxylic acids is 2. The number of anilines is 3. The molecule has 3 N–H and O–H groups in total. The van der Waals surface area contributed by atoms with Gasteiger partial charge in [-0.1, -0.05) is 52.0 Å². The first kappa shape index (κ1) is 26.7. The second-order valence-electron chi connectivity index (χ2n) is 13.8. The minimum atomic E-state index is -0.444. The van der Waals surface area contributed by atoms with E-state index in [0.717, 1.165) is 52.5 Å². The predicted molar refractivity (Wildman–Crippen MR) is 168 cm³/mol. The summed E-state index contributed by atoms with van der Waals surface area (Å²) in [6.07, 6.45) is 3.00. The molecule has 7 nitrogen and oxygen atoms in total. The standard InChI is InChI=1S/C35H38N4O3/c1-18-12-19(2)16-35(15-18)37-25-9-7-8-21-10-11-22(31(38-35)28(21)25)29-32(41)30(33(29)42)23-13-24-27(14-26(23)36-20(3)40)39(6)17-34(24,4)5/h7-11,13-14,18-19,37,41H,12,15-17H2,1-6H3,(H,36,40)/b29-22-. The zero-order chi connectivity index (χ0) is 29.7. The number of likely N-dealkylation sites (N-methyl/N-ethyl adjacent to an activating group) is 1. The zero-order valence-electron chi connectivity index (χ0n) is 25.2. The van der Waals surface area contributed by atoms with Crippen LogP contribution < -0.4 is 26.1 Å². The lowest BCUT2D eigenvalue weighted by atomic mass is 9.75. The van der Waals surface area contributed by atoms with Crippen LogP contribution in [0.5, 0.6) is 0 Å². The van der Waals surface area contributed by atoms with Gasteiger partial charge in [-0.3, -0.25) is 14.6 Å². The number of ketones is 1. The van der Waals surface area contributed by atoms with E-state index < -0.39 is 5.66 Å². The van der Waals surface area contributed by atoms with Crippen molar-refractivity contribution in [2.75, 3.05) is 29.1 Å². The van der Waals surface area contributed by atoms with Crippen molar-refractivity contribution in [3.05, 3.63) is 69.9 Å². The molecule has 7 heteroatoms. The molecule has 3 aromatic carbocycles. The number of nitrogens with one attached hydrogen (secondary N) is 2. The molecule has 0 radical (unpaired) electrons. The van der Waals surface area contributed by atoms with Crippen molar-refractivity contribution < 1.29 is 14.7 Å². The van der Waals surface area contributed by atoms with E-state index in [0.29, 0.717) is 33.9 Å². The van der Waals surface area contributed by atoms with Gasteiger partial charge in [0, 0.05) is 53.5 Å². The van der Waals surface area contributed by atoms with E-state index in [-0.39, 0.29) is 28.4 Å². The smallest absolute Gasteiger partial charge is 0.221 e. The summed E-state index contributed by atoms with van der Waals surface area (Å²) >= 11 is 0. The minimum absolute atomic E-state index is 0.0445. The molecule has 2 aliphatic heterocycles. The first-order valence-electron chi connectivity index (χ1n) is 15.0. The van der Waals surface area contributed by atoms with Crippen LogP contribution in [0.1, 0.15) is 65.0 Å². The van der Waals surface area contributed by atoms with E-state index >= 15 is 0 Å². The third-order valence-electron chi connectivity index (χ3n) is 9.57. The molecule has 0 aromatic heterocycles. The van der Waals surface area contributed by atoms with Crippen molar-refractivity contribution in [1.82, 2.24) is 0 Å². The SMILES string of the molecule is CC(=O)Nc1cc2c(cc1C1=C(O)/C(=c3\ccc4cccc5c4c3=NC3(CC(C)CC(C)C3)N5)C1=O)C(C)(C)CN2C. The van der Waals surface area contributed by atoms with Crippen LogP contribution in [0, 0.1) is 11.8 Å². The number of hydrogen-bond acceptors (Lipinski definition) is 6. The van der Waals surface area contributed by atoms with Crippen LogP contribution in [0.4, 0.5) is 17.1 Å². The highest BCUT2D eigenvalue weighted by atomic mass is 16.3. The number of nitrogens with zero attached hydrogens (tertiary/aromatic N) is 2. The molecular weight excluding hydrogens is 524 g/mol. The summed E-state index contributed by atoms with van der Waals surface area (Å²) in [7, 11) is 2.03. The molecule has 1 amide bonds. The molecule has 216 valence electrons. The first-order valence-corrected chi connectivity index (χ1v) is 15.0. The van der Waals surface area contributed by atoms with Crippen LogP contribution in [0.2, 0.25) is 0 Å². The van der Waals surface area contributed by atoms with Gasteiger partial charge < -0.3 is 20.6 Å². The van der Waals surface area contributed by atoms with Crippen LogP contribution >= 0.6 is 0 Å². The van der Waals surface area contributed by atoms with Gasteiger partial charge in [0.2, 0.25) is 11.7 Å². The van der Waals surface area contributed by atoms with E-state index in [4.69, 9.17) is 4.99 Å². The minimum Gasteiger partial charge on any atom is -0.506 e. The van der Waals surface area contributed by atoms with E-state index in [9.17, 15) is 14.7 Å². The summed E-state index contributed by atoms with van der Waals surface area (Å²) in [6.45, 7) is 11.2. The lowest BCUT2D eigenvalue weighted by molar-refractivity contribution is -0.114. The predicted octanol–water partition coefficient (Wildman–Crippen LogP) is 5.43. The topological polar surface area (TPSA) is 94.0 Å². The van der Waals surface area contributed by atoms with Gasteiger partial charge >= 0.3 is 0 Å². The number of carbonyl (C=O) groups is 2. The number of fused-ring (bicyclic) bond motifs is 1. The van der Waals surface area contributed by atoms with Crippen LogP contribution in [-0.4, -0.2) is 36.1 Å². The fourth-order valence-electron chi connectivity index (χ4n) is 8.17. The van der Waals surface area contributed by atoms with Gasteiger partial charge in [-0.2, -0.15) is 0 Å². The summed E-state index contributed by atoms with van der Waals surface area (Å²) < 4.78 is 0. The summed E-state index contributed by atoms with van der Waals surface area (Å²) in [5.41, 5.74) is 4.16. The van der Waals surface area contributed by atoms with Gasteiger partial charge in [0.1, 0.15) is 11.4 Å². The molecule has 7 rings (SSSR count). The molecule has 42 heavy (non-hydrogen) atoms. The van der Waals surface area contributed by atoms with E-state index in [2.05, 4.69) is 61.4 Å². The Morgan fingerprint density at radius 1 is 1.10 bits per heavy atom. The van der Waals surface area contributed by atoms with Gasteiger partial charge in [-0.25, -0.2) is 0 Å². The lowest BCUT2D eigenvalue weighted by Crippen LogP contribution is -2.49. The summed E-state index contributed by atoms with van der Waals surface area (Å²) in [4.78, 5) is 33.8. The normalized spacial score (nSPS) is 27.0. The lowest BCUT2D eigenvalue weighted by Gasteiger charge is -2.43. The second-order valence-corrected chi connectivity index (χ2v) is 13.8. The Kier molecular flexibility index (Phi) is 5.69. The molecule has 0 bridgehead atoms. The number of benzene rings is 3. The molecular formula is C35H38N4O3. The maximum atomic E-state index is 14.1. The molecule has 1 spiro atoms. The third kappa shape index (κ3) is 3.89. The zero-order valence-corrected chi connectivity index (χ0v) is 25.2. The molecule has 3 aromatic rings. The highest BCUT2D eigenvalue weighted by molar-refractivity contribution is 6.52. The van der Waals surface area contributed by atoms with Gasteiger partial charge in [-0.15, -0.1) is 0 Å². The molecule has 2 heterocycles. The Morgan fingerprint density at radius 3 is 2.52 bits per heavy atom. The van der Waals surface area contributed by atoms with Gasteiger partial charge in [-0.05, 0) is 60.2 Å². The molecule has 4 aliphatic rings. The van der Waals surface area contributed by atoms with Gasteiger partial charge in [0.25, 0.3) is 0 Å². The van der Waals surface area contributed by atoms with Crippen LogP contribution in [0.3, 0.4) is 0 Å². The van der Waals surface area contributed by atoms with Crippen molar-refractivity contribution in [2.24, 2.45) is 16.8 Å². The number of rotatable bonds is 2. The third-order valence-corrected chi connectivity index (χ3v) is 9.57. The Morgan fingerprint density at radius 2 is 1.83 bits per heavy atom. The van der Waals surface area contributed by atoms with Crippen molar-refractivity contribution in [3.63, 3.8) is 0 Å². The maximum absolute atomic E-state index is 14.1. The number of aliphatic hydroxyl groups excluding tert-OH is 1. The largest absolute Gasteiger partial charge is 0.506 e. The highest BCUT2D eigenvalue weighted by Crippen LogP contribution is 2.47. The summed E-state index contributed by atoms with van der Waals surface area (Å²) in [5.74, 6) is 0.532. The van der Waals surface area contributed by atoms with Crippen LogP contribution in [-0.2, 0) is 15.0 Å². The molecule has 2 atom stereocenters. The van der Waals surface area contributed by atoms with Crippen molar-refractivity contribution in [3.8, 4) is 0 Å². The van der Waals surface area contributed by atoms with Gasteiger partial charge in [0.15, 0.2) is 0 Å². The molecule has 1 fully saturated rings.